The van der Waals surface area contributed by atoms with Gasteiger partial charge in [0.25, 0.3) is 0 Å². The number of aryl methyl sites for hydroxylation is 2. The molecule has 2 aliphatic heterocycles. The zero-order chi connectivity index (χ0) is 25.9. The van der Waals surface area contributed by atoms with Gasteiger partial charge < -0.3 is 4.90 Å². The lowest BCUT2D eigenvalue weighted by molar-refractivity contribution is -0.533. The molecule has 0 aromatic heterocycles. The molecular formula is C35H43N2+. The van der Waals surface area contributed by atoms with Crippen LogP contribution in [-0.4, -0.2) is 41.4 Å². The first-order chi connectivity index (χ1) is 17.7. The first-order valence-electron chi connectivity index (χ1n) is 14.3. The number of rotatable bonds is 3. The van der Waals surface area contributed by atoms with Crippen LogP contribution < -0.4 is 0 Å². The maximum Gasteiger partial charge on any atom is 0.182 e. The van der Waals surface area contributed by atoms with E-state index in [0.717, 1.165) is 0 Å². The van der Waals surface area contributed by atoms with Crippen LogP contribution in [0.25, 0.3) is 0 Å². The summed E-state index contributed by atoms with van der Waals surface area (Å²) in [5.41, 5.74) is 9.38. The number of likely N-dealkylation sites (N-methyl/N-ethyl adjacent to an activating group) is 2. The van der Waals surface area contributed by atoms with Crippen LogP contribution in [0.3, 0.4) is 0 Å². The highest BCUT2D eigenvalue weighted by molar-refractivity contribution is 5.97. The van der Waals surface area contributed by atoms with Crippen LogP contribution in [0.4, 0.5) is 0 Å². The molecule has 0 spiro atoms. The lowest BCUT2D eigenvalue weighted by atomic mass is 9.66. The number of hydrogen-bond donors (Lipinski definition) is 0. The average Bonchev–Trinajstić information content (AvgIpc) is 3.21. The van der Waals surface area contributed by atoms with Gasteiger partial charge >= 0.3 is 0 Å². The fourth-order valence-corrected chi connectivity index (χ4v) is 8.67. The van der Waals surface area contributed by atoms with Crippen molar-refractivity contribution in [3.05, 3.63) is 107 Å². The van der Waals surface area contributed by atoms with E-state index < -0.39 is 0 Å². The Morgan fingerprint density at radius 1 is 0.784 bits per heavy atom. The Labute approximate surface area is 224 Å². The topological polar surface area (TPSA) is 6.25 Å². The highest BCUT2D eigenvalue weighted by Crippen LogP contribution is 2.56. The van der Waals surface area contributed by atoms with Gasteiger partial charge in [0.1, 0.15) is 7.05 Å². The summed E-state index contributed by atoms with van der Waals surface area (Å²) in [6, 6.07) is 19.4. The van der Waals surface area contributed by atoms with Crippen molar-refractivity contribution in [1.82, 2.24) is 4.90 Å². The Bertz CT molecular complexity index is 1330. The summed E-state index contributed by atoms with van der Waals surface area (Å²) < 4.78 is 2.57. The average molecular weight is 492 g/mol. The van der Waals surface area contributed by atoms with Gasteiger partial charge in [0.2, 0.25) is 0 Å². The minimum absolute atomic E-state index is 0.121. The zero-order valence-electron chi connectivity index (χ0n) is 23.5. The maximum atomic E-state index is 2.57. The molecule has 1 saturated heterocycles. The summed E-state index contributed by atoms with van der Waals surface area (Å²) in [4.78, 5) is 2.57. The van der Waals surface area contributed by atoms with Gasteiger partial charge in [-0.05, 0) is 61.4 Å². The second kappa shape index (κ2) is 8.86. The van der Waals surface area contributed by atoms with Crippen molar-refractivity contribution in [3.8, 4) is 0 Å². The Balaban J connectivity index is 1.24. The Hall–Kier alpha value is -2.87. The predicted molar refractivity (Wildman–Crippen MR) is 155 cm³/mol. The predicted octanol–water partition coefficient (Wildman–Crippen LogP) is 7.27. The molecule has 2 aromatic rings. The molecule has 6 rings (SSSR count). The van der Waals surface area contributed by atoms with Crippen molar-refractivity contribution in [2.24, 2.45) is 10.8 Å². The molecule has 0 unspecified atom stereocenters. The number of nitrogens with zero attached hydrogens (tertiary/aromatic N) is 2. The van der Waals surface area contributed by atoms with E-state index in [1.54, 1.807) is 22.3 Å². The van der Waals surface area contributed by atoms with E-state index in [1.165, 1.54) is 37.1 Å². The molecule has 37 heavy (non-hydrogen) atoms. The Kier molecular flexibility index (Phi) is 5.86. The summed E-state index contributed by atoms with van der Waals surface area (Å²) in [5.74, 6) is 1.12. The second-order valence-corrected chi connectivity index (χ2v) is 12.9. The van der Waals surface area contributed by atoms with Crippen LogP contribution in [0.15, 0.2) is 84.6 Å². The lowest BCUT2D eigenvalue weighted by Gasteiger charge is -2.35. The summed E-state index contributed by atoms with van der Waals surface area (Å²) >= 11 is 0. The Morgan fingerprint density at radius 2 is 1.41 bits per heavy atom. The van der Waals surface area contributed by atoms with Gasteiger partial charge in [0.15, 0.2) is 11.8 Å². The van der Waals surface area contributed by atoms with Crippen LogP contribution in [0.5, 0.6) is 0 Å². The molecule has 1 fully saturated rings. The molecule has 0 N–H and O–H groups in total. The SMILES string of the molecule is CN1/C(=C/C=C/C=C/C2=[N+](C)[C@@H]3CCc4ccccc4[C@@H]3C2(C)C)C(C)(C)[C@H]2c3ccccc3CC[C@H]21. The fourth-order valence-electron chi connectivity index (χ4n) is 8.67. The third-order valence-corrected chi connectivity index (χ3v) is 10.3. The van der Waals surface area contributed by atoms with Crippen molar-refractivity contribution in [3.63, 3.8) is 0 Å². The van der Waals surface area contributed by atoms with Gasteiger partial charge in [-0.15, -0.1) is 0 Å². The normalized spacial score (nSPS) is 30.6. The molecular weight excluding hydrogens is 448 g/mol. The van der Waals surface area contributed by atoms with Crippen LogP contribution >= 0.6 is 0 Å². The number of allylic oxidation sites excluding steroid dienone is 6. The van der Waals surface area contributed by atoms with E-state index >= 15 is 0 Å². The van der Waals surface area contributed by atoms with E-state index in [9.17, 15) is 0 Å². The van der Waals surface area contributed by atoms with Gasteiger partial charge in [-0.25, -0.2) is 4.58 Å². The first kappa shape index (κ1) is 24.5. The molecule has 2 aliphatic carbocycles. The second-order valence-electron chi connectivity index (χ2n) is 12.9. The Morgan fingerprint density at radius 3 is 2.11 bits per heavy atom. The van der Waals surface area contributed by atoms with Gasteiger partial charge in [-0.3, -0.25) is 0 Å². The molecule has 4 atom stereocenters. The molecule has 4 aliphatic rings. The van der Waals surface area contributed by atoms with E-state index in [1.807, 2.05) is 0 Å². The molecule has 0 amide bonds. The number of hydrogen-bond acceptors (Lipinski definition) is 1. The lowest BCUT2D eigenvalue weighted by Crippen LogP contribution is -2.34. The van der Waals surface area contributed by atoms with E-state index in [4.69, 9.17) is 0 Å². The monoisotopic (exact) mass is 491 g/mol. The van der Waals surface area contributed by atoms with Gasteiger partial charge in [0.05, 0.1) is 11.3 Å². The molecule has 0 radical (unpaired) electrons. The molecule has 2 heterocycles. The van der Waals surface area contributed by atoms with Crippen molar-refractivity contribution in [2.45, 2.75) is 77.3 Å². The van der Waals surface area contributed by atoms with Crippen LogP contribution in [0, 0.1) is 10.8 Å². The van der Waals surface area contributed by atoms with Gasteiger partial charge in [0, 0.05) is 42.6 Å². The summed E-state index contributed by atoms with van der Waals surface area (Å²) in [5, 5.41) is 0. The summed E-state index contributed by atoms with van der Waals surface area (Å²) in [7, 11) is 4.61. The molecule has 192 valence electrons. The molecule has 2 aromatic carbocycles. The van der Waals surface area contributed by atoms with E-state index in [-0.39, 0.29) is 10.8 Å². The van der Waals surface area contributed by atoms with Gasteiger partial charge in [-0.2, -0.15) is 0 Å². The molecule has 0 bridgehead atoms. The number of fused-ring (bicyclic) bond motifs is 6. The van der Waals surface area contributed by atoms with Crippen LogP contribution in [0.1, 0.15) is 74.6 Å². The molecule has 2 nitrogen and oxygen atoms in total. The minimum atomic E-state index is 0.121. The first-order valence-corrected chi connectivity index (χ1v) is 14.3. The minimum Gasteiger partial charge on any atom is -0.374 e. The van der Waals surface area contributed by atoms with Crippen molar-refractivity contribution in [1.29, 1.82) is 0 Å². The largest absolute Gasteiger partial charge is 0.374 e. The summed E-state index contributed by atoms with van der Waals surface area (Å²) in [6.45, 7) is 9.77. The van der Waals surface area contributed by atoms with E-state index in [0.29, 0.717) is 23.9 Å². The van der Waals surface area contributed by atoms with Crippen molar-refractivity contribution >= 4 is 5.71 Å². The van der Waals surface area contributed by atoms with Crippen molar-refractivity contribution < 1.29 is 4.58 Å². The molecule has 2 heteroatoms. The van der Waals surface area contributed by atoms with Gasteiger partial charge in [-0.1, -0.05) is 80.6 Å². The smallest absolute Gasteiger partial charge is 0.182 e. The number of likely N-dealkylation sites (tertiary alicyclic amines) is 1. The standard InChI is InChI=1S/C35H43N2/c1-34(2)30(36(5)28-22-20-24-14-10-12-16-26(24)32(28)34)18-8-7-9-19-31-35(3,4)33-27-17-13-11-15-25(27)21-23-29(33)37(31)6/h7-19,28-29,32-33H,20-23H2,1-6H3/q+1/t28-,29-,32+,33+/m1/s1. The fraction of sp³-hybridized carbons (Fsp3) is 0.457. The maximum absolute atomic E-state index is 2.57. The van der Waals surface area contributed by atoms with Crippen molar-refractivity contribution in [2.75, 3.05) is 14.1 Å². The van der Waals surface area contributed by atoms with Crippen LogP contribution in [0.2, 0.25) is 0 Å². The molecule has 0 saturated carbocycles. The van der Waals surface area contributed by atoms with Crippen LogP contribution in [-0.2, 0) is 12.8 Å². The quantitative estimate of drug-likeness (QED) is 0.323. The summed E-state index contributed by atoms with van der Waals surface area (Å²) in [6.07, 6.45) is 16.4. The third kappa shape index (κ3) is 3.70. The van der Waals surface area contributed by atoms with E-state index in [2.05, 4.69) is 130 Å². The highest BCUT2D eigenvalue weighted by atomic mass is 15.2. The number of benzene rings is 2. The highest BCUT2D eigenvalue weighted by Gasteiger charge is 2.55. The zero-order valence-corrected chi connectivity index (χ0v) is 23.5. The third-order valence-electron chi connectivity index (χ3n) is 10.3.